The SMILES string of the molecule is O=C(NCc1ccccc1)C1CC(=O)N(O)C1. The van der Waals surface area contributed by atoms with Gasteiger partial charge < -0.3 is 5.32 Å². The molecule has 0 aliphatic carbocycles. The van der Waals surface area contributed by atoms with Crippen molar-refractivity contribution in [3.8, 4) is 0 Å². The van der Waals surface area contributed by atoms with Crippen LogP contribution in [0.25, 0.3) is 0 Å². The summed E-state index contributed by atoms with van der Waals surface area (Å²) in [6.07, 6.45) is 0.0805. The topological polar surface area (TPSA) is 69.6 Å². The molecule has 2 amide bonds. The maximum atomic E-state index is 11.7. The molecule has 1 aromatic carbocycles. The van der Waals surface area contributed by atoms with Crippen LogP contribution in [0.2, 0.25) is 0 Å². The minimum Gasteiger partial charge on any atom is -0.352 e. The van der Waals surface area contributed by atoms with Crippen molar-refractivity contribution in [3.05, 3.63) is 35.9 Å². The van der Waals surface area contributed by atoms with Crippen LogP contribution in [-0.2, 0) is 16.1 Å². The Bertz CT molecular complexity index is 419. The van der Waals surface area contributed by atoms with E-state index in [2.05, 4.69) is 5.32 Å². The molecule has 0 radical (unpaired) electrons. The first kappa shape index (κ1) is 11.6. The highest BCUT2D eigenvalue weighted by atomic mass is 16.5. The van der Waals surface area contributed by atoms with Gasteiger partial charge in [-0.3, -0.25) is 14.8 Å². The average molecular weight is 234 g/mol. The summed E-state index contributed by atoms with van der Waals surface area (Å²) < 4.78 is 0. The molecule has 0 saturated carbocycles. The first-order valence-electron chi connectivity index (χ1n) is 5.47. The highest BCUT2D eigenvalue weighted by Crippen LogP contribution is 2.15. The molecule has 5 heteroatoms. The Kier molecular flexibility index (Phi) is 3.39. The third-order valence-electron chi connectivity index (χ3n) is 2.78. The third kappa shape index (κ3) is 2.82. The lowest BCUT2D eigenvalue weighted by Gasteiger charge is -2.10. The lowest BCUT2D eigenvalue weighted by atomic mass is 10.1. The van der Waals surface area contributed by atoms with Crippen molar-refractivity contribution in [2.24, 2.45) is 5.92 Å². The second kappa shape index (κ2) is 4.97. The van der Waals surface area contributed by atoms with Crippen LogP contribution in [0.1, 0.15) is 12.0 Å². The van der Waals surface area contributed by atoms with Crippen molar-refractivity contribution < 1.29 is 14.8 Å². The monoisotopic (exact) mass is 234 g/mol. The summed E-state index contributed by atoms with van der Waals surface area (Å²) in [6.45, 7) is 0.523. The number of nitrogens with one attached hydrogen (secondary N) is 1. The van der Waals surface area contributed by atoms with E-state index in [4.69, 9.17) is 5.21 Å². The summed E-state index contributed by atoms with van der Waals surface area (Å²) in [5.41, 5.74) is 1.01. The minimum atomic E-state index is -0.448. The number of carbonyl (C=O) groups is 2. The highest BCUT2D eigenvalue weighted by Gasteiger charge is 2.33. The van der Waals surface area contributed by atoms with Crippen molar-refractivity contribution in [2.75, 3.05) is 6.54 Å². The fraction of sp³-hybridized carbons (Fsp3) is 0.333. The number of rotatable bonds is 3. The van der Waals surface area contributed by atoms with E-state index < -0.39 is 11.8 Å². The van der Waals surface area contributed by atoms with Gasteiger partial charge in [0.2, 0.25) is 11.8 Å². The predicted molar refractivity (Wildman–Crippen MR) is 59.9 cm³/mol. The average Bonchev–Trinajstić information content (AvgIpc) is 2.68. The Morgan fingerprint density at radius 1 is 1.41 bits per heavy atom. The van der Waals surface area contributed by atoms with Crippen LogP contribution < -0.4 is 5.32 Å². The van der Waals surface area contributed by atoms with Gasteiger partial charge in [-0.1, -0.05) is 30.3 Å². The van der Waals surface area contributed by atoms with Gasteiger partial charge in [-0.2, -0.15) is 0 Å². The van der Waals surface area contributed by atoms with Gasteiger partial charge in [-0.25, -0.2) is 5.06 Å². The molecule has 1 atom stereocenters. The molecule has 0 aromatic heterocycles. The molecule has 0 bridgehead atoms. The molecule has 1 unspecified atom stereocenters. The maximum Gasteiger partial charge on any atom is 0.246 e. The van der Waals surface area contributed by atoms with Crippen LogP contribution in [0.4, 0.5) is 0 Å². The van der Waals surface area contributed by atoms with E-state index >= 15 is 0 Å². The zero-order valence-electron chi connectivity index (χ0n) is 9.30. The Morgan fingerprint density at radius 2 is 2.12 bits per heavy atom. The molecule has 0 spiro atoms. The summed E-state index contributed by atoms with van der Waals surface area (Å²) in [7, 11) is 0. The van der Waals surface area contributed by atoms with Crippen molar-refractivity contribution in [1.29, 1.82) is 0 Å². The summed E-state index contributed by atoms with van der Waals surface area (Å²) in [4.78, 5) is 22.8. The second-order valence-electron chi connectivity index (χ2n) is 4.08. The lowest BCUT2D eigenvalue weighted by molar-refractivity contribution is -0.157. The van der Waals surface area contributed by atoms with Crippen LogP contribution in [0.3, 0.4) is 0 Å². The zero-order valence-corrected chi connectivity index (χ0v) is 9.30. The van der Waals surface area contributed by atoms with Gasteiger partial charge in [-0.15, -0.1) is 0 Å². The lowest BCUT2D eigenvalue weighted by Crippen LogP contribution is -2.31. The molecule has 2 rings (SSSR count). The molecule has 17 heavy (non-hydrogen) atoms. The molecule has 1 saturated heterocycles. The molecule has 5 nitrogen and oxygen atoms in total. The Morgan fingerprint density at radius 3 is 2.71 bits per heavy atom. The van der Waals surface area contributed by atoms with Crippen molar-refractivity contribution >= 4 is 11.8 Å². The third-order valence-corrected chi connectivity index (χ3v) is 2.78. The van der Waals surface area contributed by atoms with Crippen LogP contribution in [0, 0.1) is 5.92 Å². The van der Waals surface area contributed by atoms with Crippen LogP contribution >= 0.6 is 0 Å². The fourth-order valence-electron chi connectivity index (χ4n) is 1.80. The van der Waals surface area contributed by atoms with Crippen molar-refractivity contribution in [2.45, 2.75) is 13.0 Å². The molecular weight excluding hydrogens is 220 g/mol. The molecule has 1 aromatic rings. The van der Waals surface area contributed by atoms with Crippen molar-refractivity contribution in [3.63, 3.8) is 0 Å². The molecular formula is C12H14N2O3. The van der Waals surface area contributed by atoms with E-state index in [0.717, 1.165) is 5.56 Å². The largest absolute Gasteiger partial charge is 0.352 e. The smallest absolute Gasteiger partial charge is 0.246 e. The molecule has 1 aliphatic heterocycles. The standard InChI is InChI=1S/C12H14N2O3/c15-11-6-10(8-14(11)17)12(16)13-7-9-4-2-1-3-5-9/h1-5,10,17H,6-8H2,(H,13,16). The summed E-state index contributed by atoms with van der Waals surface area (Å²) in [6, 6.07) is 9.54. The normalized spacial score (nSPS) is 19.5. The second-order valence-corrected chi connectivity index (χ2v) is 4.08. The number of hydrogen-bond acceptors (Lipinski definition) is 3. The summed E-state index contributed by atoms with van der Waals surface area (Å²) in [5.74, 6) is -1.04. The number of nitrogens with zero attached hydrogens (tertiary/aromatic N) is 1. The van der Waals surface area contributed by atoms with E-state index in [1.54, 1.807) is 0 Å². The van der Waals surface area contributed by atoms with E-state index in [-0.39, 0.29) is 18.9 Å². The van der Waals surface area contributed by atoms with Gasteiger partial charge >= 0.3 is 0 Å². The minimum absolute atomic E-state index is 0.0805. The van der Waals surface area contributed by atoms with E-state index in [9.17, 15) is 9.59 Å². The Hall–Kier alpha value is -1.88. The van der Waals surface area contributed by atoms with Gasteiger partial charge in [0, 0.05) is 13.0 Å². The fourth-order valence-corrected chi connectivity index (χ4v) is 1.80. The van der Waals surface area contributed by atoms with Crippen LogP contribution in [-0.4, -0.2) is 28.6 Å². The number of carbonyl (C=O) groups excluding carboxylic acids is 2. The van der Waals surface area contributed by atoms with Gasteiger partial charge in [0.25, 0.3) is 0 Å². The van der Waals surface area contributed by atoms with Crippen LogP contribution in [0.15, 0.2) is 30.3 Å². The molecule has 1 fully saturated rings. The molecule has 1 aliphatic rings. The van der Waals surface area contributed by atoms with E-state index in [0.29, 0.717) is 11.6 Å². The van der Waals surface area contributed by atoms with Gasteiger partial charge in [-0.05, 0) is 5.56 Å². The predicted octanol–water partition coefficient (Wildman–Crippen LogP) is 0.540. The Balaban J connectivity index is 1.84. The molecule has 2 N–H and O–H groups in total. The van der Waals surface area contributed by atoms with Gasteiger partial charge in [0.15, 0.2) is 0 Å². The highest BCUT2D eigenvalue weighted by molar-refractivity contribution is 5.88. The van der Waals surface area contributed by atoms with E-state index in [1.165, 1.54) is 0 Å². The van der Waals surface area contributed by atoms with E-state index in [1.807, 2.05) is 30.3 Å². The number of amides is 2. The maximum absolute atomic E-state index is 11.7. The first-order valence-corrected chi connectivity index (χ1v) is 5.47. The zero-order chi connectivity index (χ0) is 12.3. The van der Waals surface area contributed by atoms with Crippen LogP contribution in [0.5, 0.6) is 0 Å². The summed E-state index contributed by atoms with van der Waals surface area (Å²) >= 11 is 0. The summed E-state index contributed by atoms with van der Waals surface area (Å²) in [5, 5.41) is 12.5. The quantitative estimate of drug-likeness (QED) is 0.750. The van der Waals surface area contributed by atoms with Gasteiger partial charge in [0.1, 0.15) is 0 Å². The number of hydrogen-bond donors (Lipinski definition) is 2. The molecule has 1 heterocycles. The number of hydroxylamine groups is 2. The van der Waals surface area contributed by atoms with Gasteiger partial charge in [0.05, 0.1) is 12.5 Å². The molecule has 90 valence electrons. The number of benzene rings is 1. The first-order chi connectivity index (χ1) is 8.16. The Labute approximate surface area is 99.0 Å². The van der Waals surface area contributed by atoms with Crippen molar-refractivity contribution in [1.82, 2.24) is 10.4 Å².